The SMILES string of the molecule is COc1cc([C@@H](O)[C@@H](CCCc2cccs2)Cn2ccc(CCC(=O)O)c2)cc(OC)c1C. The fourth-order valence-electron chi connectivity index (χ4n) is 4.17. The fourth-order valence-corrected chi connectivity index (χ4v) is 4.92. The third kappa shape index (κ3) is 6.85. The molecule has 0 aliphatic heterocycles. The van der Waals surface area contributed by atoms with Crippen LogP contribution in [-0.2, 0) is 24.2 Å². The van der Waals surface area contributed by atoms with Crippen molar-refractivity contribution in [3.63, 3.8) is 0 Å². The van der Waals surface area contributed by atoms with Crippen LogP contribution in [-0.4, -0.2) is 35.0 Å². The van der Waals surface area contributed by atoms with Crippen molar-refractivity contribution in [2.24, 2.45) is 5.92 Å². The lowest BCUT2D eigenvalue weighted by molar-refractivity contribution is -0.136. The van der Waals surface area contributed by atoms with E-state index in [4.69, 9.17) is 14.6 Å². The van der Waals surface area contributed by atoms with Crippen molar-refractivity contribution in [2.45, 2.75) is 51.7 Å². The van der Waals surface area contributed by atoms with E-state index in [1.54, 1.807) is 25.6 Å². The Bertz CT molecular complexity index is 1000. The molecule has 0 saturated carbocycles. The molecule has 3 aromatic rings. The second kappa shape index (κ2) is 11.9. The van der Waals surface area contributed by atoms with Gasteiger partial charge in [-0.05, 0) is 73.4 Å². The summed E-state index contributed by atoms with van der Waals surface area (Å²) in [5.74, 6) is 0.559. The molecule has 0 spiro atoms. The van der Waals surface area contributed by atoms with Crippen LogP contribution >= 0.6 is 11.3 Å². The molecule has 0 bridgehead atoms. The Balaban J connectivity index is 1.79. The van der Waals surface area contributed by atoms with E-state index in [0.29, 0.717) is 24.5 Å². The number of nitrogens with zero attached hydrogens (tertiary/aromatic N) is 1. The second-order valence-corrected chi connectivity index (χ2v) is 9.37. The molecule has 2 aromatic heterocycles. The number of aliphatic carboxylic acids is 1. The minimum absolute atomic E-state index is 0.0261. The molecule has 6 nitrogen and oxygen atoms in total. The van der Waals surface area contributed by atoms with Crippen molar-refractivity contribution < 1.29 is 24.5 Å². The first-order valence-corrected chi connectivity index (χ1v) is 12.1. The van der Waals surface area contributed by atoms with Crippen LogP contribution in [0.25, 0.3) is 0 Å². The Labute approximate surface area is 199 Å². The number of carboxylic acid groups (broad SMARTS) is 1. The van der Waals surface area contributed by atoms with E-state index < -0.39 is 12.1 Å². The fraction of sp³-hybridized carbons (Fsp3) is 0.423. The van der Waals surface area contributed by atoms with Crippen LogP contribution in [0.2, 0.25) is 0 Å². The van der Waals surface area contributed by atoms with Gasteiger partial charge < -0.3 is 24.3 Å². The summed E-state index contributed by atoms with van der Waals surface area (Å²) in [5.41, 5.74) is 2.66. The molecule has 2 heterocycles. The van der Waals surface area contributed by atoms with Gasteiger partial charge in [0, 0.05) is 41.7 Å². The predicted molar refractivity (Wildman–Crippen MR) is 130 cm³/mol. The van der Waals surface area contributed by atoms with Gasteiger partial charge in [-0.1, -0.05) is 6.07 Å². The Kier molecular flexibility index (Phi) is 8.97. The van der Waals surface area contributed by atoms with E-state index in [1.807, 2.05) is 37.5 Å². The average molecular weight is 472 g/mol. The van der Waals surface area contributed by atoms with E-state index in [-0.39, 0.29) is 12.3 Å². The van der Waals surface area contributed by atoms with Gasteiger partial charge in [-0.3, -0.25) is 4.79 Å². The summed E-state index contributed by atoms with van der Waals surface area (Å²) in [6.07, 6.45) is 6.67. The molecule has 0 aliphatic rings. The van der Waals surface area contributed by atoms with Crippen molar-refractivity contribution >= 4 is 17.3 Å². The van der Waals surface area contributed by atoms with E-state index in [2.05, 4.69) is 22.1 Å². The number of aliphatic hydroxyl groups excluding tert-OH is 1. The van der Waals surface area contributed by atoms with Gasteiger partial charge >= 0.3 is 5.97 Å². The number of thiophene rings is 1. The number of carbonyl (C=O) groups is 1. The summed E-state index contributed by atoms with van der Waals surface area (Å²) >= 11 is 1.76. The van der Waals surface area contributed by atoms with Gasteiger partial charge in [0.05, 0.1) is 20.3 Å². The lowest BCUT2D eigenvalue weighted by Crippen LogP contribution is -2.19. The summed E-state index contributed by atoms with van der Waals surface area (Å²) in [6, 6.07) is 9.95. The molecule has 178 valence electrons. The molecule has 1 aromatic carbocycles. The highest BCUT2D eigenvalue weighted by molar-refractivity contribution is 7.09. The van der Waals surface area contributed by atoms with Crippen LogP contribution in [0.3, 0.4) is 0 Å². The number of aromatic nitrogens is 1. The van der Waals surface area contributed by atoms with Gasteiger partial charge in [0.2, 0.25) is 0 Å². The first kappa shape index (κ1) is 24.9. The Morgan fingerprint density at radius 1 is 1.15 bits per heavy atom. The number of aryl methyl sites for hydroxylation is 2. The van der Waals surface area contributed by atoms with Crippen LogP contribution in [0.4, 0.5) is 0 Å². The molecule has 0 fully saturated rings. The number of methoxy groups -OCH3 is 2. The molecular weight excluding hydrogens is 438 g/mol. The molecule has 0 saturated heterocycles. The molecular formula is C26H33NO5S. The van der Waals surface area contributed by atoms with Crippen molar-refractivity contribution in [3.8, 4) is 11.5 Å². The molecule has 3 rings (SSSR count). The van der Waals surface area contributed by atoms with E-state index >= 15 is 0 Å². The van der Waals surface area contributed by atoms with Gasteiger partial charge in [0.1, 0.15) is 11.5 Å². The topological polar surface area (TPSA) is 80.9 Å². The van der Waals surface area contributed by atoms with Crippen molar-refractivity contribution in [1.29, 1.82) is 0 Å². The minimum atomic E-state index is -0.799. The Morgan fingerprint density at radius 2 is 1.88 bits per heavy atom. The molecule has 0 amide bonds. The third-order valence-electron chi connectivity index (χ3n) is 6.03. The van der Waals surface area contributed by atoms with Crippen molar-refractivity contribution in [3.05, 3.63) is 69.7 Å². The van der Waals surface area contributed by atoms with Crippen molar-refractivity contribution in [1.82, 2.24) is 4.57 Å². The number of carboxylic acids is 1. The maximum absolute atomic E-state index is 11.4. The molecule has 33 heavy (non-hydrogen) atoms. The largest absolute Gasteiger partial charge is 0.496 e. The van der Waals surface area contributed by atoms with Gasteiger partial charge in [-0.15, -0.1) is 11.3 Å². The van der Waals surface area contributed by atoms with E-state index in [1.165, 1.54) is 4.88 Å². The molecule has 2 atom stereocenters. The van der Waals surface area contributed by atoms with Gasteiger partial charge in [0.25, 0.3) is 0 Å². The van der Waals surface area contributed by atoms with Crippen LogP contribution < -0.4 is 9.47 Å². The van der Waals surface area contributed by atoms with Crippen LogP contribution in [0, 0.1) is 12.8 Å². The number of ether oxygens (including phenoxy) is 2. The van der Waals surface area contributed by atoms with Gasteiger partial charge in [-0.2, -0.15) is 0 Å². The second-order valence-electron chi connectivity index (χ2n) is 8.34. The molecule has 0 radical (unpaired) electrons. The van der Waals surface area contributed by atoms with E-state index in [0.717, 1.165) is 36.0 Å². The van der Waals surface area contributed by atoms with Crippen LogP contribution in [0.15, 0.2) is 48.1 Å². The molecule has 0 aliphatic carbocycles. The van der Waals surface area contributed by atoms with Crippen LogP contribution in [0.1, 0.15) is 46.9 Å². The Hall–Kier alpha value is -2.77. The first-order valence-electron chi connectivity index (χ1n) is 11.2. The highest BCUT2D eigenvalue weighted by Crippen LogP contribution is 2.36. The lowest BCUT2D eigenvalue weighted by atomic mass is 9.90. The molecule has 7 heteroatoms. The predicted octanol–water partition coefficient (Wildman–Crippen LogP) is 5.27. The molecule has 0 unspecified atom stereocenters. The monoisotopic (exact) mass is 471 g/mol. The number of hydrogen-bond acceptors (Lipinski definition) is 5. The molecule has 2 N–H and O–H groups in total. The van der Waals surface area contributed by atoms with E-state index in [9.17, 15) is 9.90 Å². The zero-order valence-corrected chi connectivity index (χ0v) is 20.3. The maximum Gasteiger partial charge on any atom is 0.303 e. The first-order chi connectivity index (χ1) is 15.9. The minimum Gasteiger partial charge on any atom is -0.496 e. The van der Waals surface area contributed by atoms with Gasteiger partial charge in [0.15, 0.2) is 0 Å². The summed E-state index contributed by atoms with van der Waals surface area (Å²) in [4.78, 5) is 12.2. The third-order valence-corrected chi connectivity index (χ3v) is 6.96. The van der Waals surface area contributed by atoms with Gasteiger partial charge in [-0.25, -0.2) is 0 Å². The summed E-state index contributed by atoms with van der Waals surface area (Å²) in [7, 11) is 3.24. The van der Waals surface area contributed by atoms with Crippen molar-refractivity contribution in [2.75, 3.05) is 14.2 Å². The Morgan fingerprint density at radius 3 is 2.48 bits per heavy atom. The number of rotatable bonds is 13. The summed E-state index contributed by atoms with van der Waals surface area (Å²) in [5, 5.41) is 22.4. The normalized spacial score (nSPS) is 13.0. The highest BCUT2D eigenvalue weighted by atomic mass is 32.1. The standard InChI is InChI=1S/C26H33NO5S/c1-18-23(31-2)14-21(15-24(18)32-3)26(30)20(6-4-7-22-8-5-13-33-22)17-27-12-11-19(16-27)9-10-25(28)29/h5,8,11-16,20,26,30H,4,6-7,9-10,17H2,1-3H3,(H,28,29)/t20-,26-/m0/s1. The maximum atomic E-state index is 11.4. The van der Waals surface area contributed by atoms with Crippen LogP contribution in [0.5, 0.6) is 11.5 Å². The quantitative estimate of drug-likeness (QED) is 0.355. The number of benzene rings is 1. The summed E-state index contributed by atoms with van der Waals surface area (Å²) in [6.45, 7) is 2.57. The number of hydrogen-bond donors (Lipinski definition) is 2. The zero-order valence-electron chi connectivity index (χ0n) is 19.5. The highest BCUT2D eigenvalue weighted by Gasteiger charge is 2.24. The average Bonchev–Trinajstić information content (AvgIpc) is 3.49. The zero-order chi connectivity index (χ0) is 23.8. The lowest BCUT2D eigenvalue weighted by Gasteiger charge is -2.25. The number of aliphatic hydroxyl groups is 1. The smallest absolute Gasteiger partial charge is 0.303 e. The summed E-state index contributed by atoms with van der Waals surface area (Å²) < 4.78 is 13.1.